The van der Waals surface area contributed by atoms with E-state index in [1.54, 1.807) is 24.3 Å². The highest BCUT2D eigenvalue weighted by Gasteiger charge is 2.33. The van der Waals surface area contributed by atoms with Gasteiger partial charge in [-0.3, -0.25) is 9.59 Å². The predicted octanol–water partition coefficient (Wildman–Crippen LogP) is 3.80. The number of benzene rings is 2. The Labute approximate surface area is 135 Å². The molecule has 0 radical (unpaired) electrons. The van der Waals surface area contributed by atoms with Gasteiger partial charge in [0, 0.05) is 21.3 Å². The Kier molecular flexibility index (Phi) is 3.81. The van der Waals surface area contributed by atoms with Crippen LogP contribution < -0.4 is 5.32 Å². The fraction of sp³-hybridized carbons (Fsp3) is 0.0588. The zero-order chi connectivity index (χ0) is 15.7. The molecule has 0 spiro atoms. The number of rotatable bonds is 3. The second-order valence-electron chi connectivity index (χ2n) is 4.74. The lowest BCUT2D eigenvalue weighted by Crippen LogP contribution is -2.26. The largest absolute Gasteiger partial charge is 0.491 e. The summed E-state index contributed by atoms with van der Waals surface area (Å²) in [6.07, 6.45) is 0. The van der Waals surface area contributed by atoms with E-state index < -0.39 is 0 Å². The number of anilines is 1. The van der Waals surface area contributed by atoms with E-state index in [2.05, 4.69) is 21.2 Å². The molecule has 110 valence electrons. The quantitative estimate of drug-likeness (QED) is 0.907. The average Bonchev–Trinajstić information content (AvgIpc) is 2.55. The van der Waals surface area contributed by atoms with E-state index in [9.17, 15) is 9.59 Å². The highest BCUT2D eigenvalue weighted by atomic mass is 79.9. The third-order valence-electron chi connectivity index (χ3n) is 3.39. The van der Waals surface area contributed by atoms with Crippen LogP contribution in [0.15, 0.2) is 64.5 Å². The van der Waals surface area contributed by atoms with Gasteiger partial charge in [-0.05, 0) is 24.3 Å². The number of Topliss-reactive ketones (excluding diaryl/α,β-unsaturated/α-hetero) is 2. The molecule has 0 fully saturated rings. The minimum atomic E-state index is -0.294. The molecule has 0 unspecified atom stereocenters. The van der Waals surface area contributed by atoms with E-state index in [0.717, 1.165) is 4.47 Å². The van der Waals surface area contributed by atoms with Crippen LogP contribution in [0.1, 0.15) is 20.7 Å². The zero-order valence-corrected chi connectivity index (χ0v) is 13.3. The van der Waals surface area contributed by atoms with Crippen LogP contribution in [-0.2, 0) is 4.74 Å². The van der Waals surface area contributed by atoms with Gasteiger partial charge in [-0.1, -0.05) is 40.2 Å². The first-order chi connectivity index (χ1) is 10.6. The van der Waals surface area contributed by atoms with Gasteiger partial charge in [-0.2, -0.15) is 0 Å². The van der Waals surface area contributed by atoms with Crippen molar-refractivity contribution in [2.75, 3.05) is 12.4 Å². The Hall–Kier alpha value is -2.40. The van der Waals surface area contributed by atoms with E-state index in [0.29, 0.717) is 16.8 Å². The van der Waals surface area contributed by atoms with Gasteiger partial charge in [0.15, 0.2) is 5.76 Å². The number of hydrogen-bond acceptors (Lipinski definition) is 4. The molecular formula is C17H12BrNO3. The fourth-order valence-electron chi connectivity index (χ4n) is 2.34. The van der Waals surface area contributed by atoms with Gasteiger partial charge < -0.3 is 10.1 Å². The molecule has 0 atom stereocenters. The predicted molar refractivity (Wildman–Crippen MR) is 86.9 cm³/mol. The summed E-state index contributed by atoms with van der Waals surface area (Å²) in [6, 6.07) is 14.0. The second-order valence-corrected chi connectivity index (χ2v) is 5.66. The molecule has 3 rings (SSSR count). The maximum absolute atomic E-state index is 12.6. The van der Waals surface area contributed by atoms with Crippen molar-refractivity contribution in [2.45, 2.75) is 0 Å². The molecule has 0 aromatic heterocycles. The van der Waals surface area contributed by atoms with Crippen molar-refractivity contribution in [3.05, 3.63) is 75.6 Å². The summed E-state index contributed by atoms with van der Waals surface area (Å²) in [6.45, 7) is 0. The Morgan fingerprint density at radius 2 is 1.50 bits per heavy atom. The third kappa shape index (κ3) is 2.44. The number of ketones is 2. The van der Waals surface area contributed by atoms with Gasteiger partial charge in [0.2, 0.25) is 11.6 Å². The maximum Gasteiger partial charge on any atom is 0.230 e. The van der Waals surface area contributed by atoms with Crippen molar-refractivity contribution in [1.29, 1.82) is 0 Å². The Bertz CT molecular complexity index is 794. The highest BCUT2D eigenvalue weighted by Crippen LogP contribution is 2.28. The molecule has 0 bridgehead atoms. The first-order valence-electron chi connectivity index (χ1n) is 6.61. The minimum Gasteiger partial charge on any atom is -0.491 e. The molecule has 1 aliphatic rings. The number of halogens is 1. The molecule has 5 heteroatoms. The van der Waals surface area contributed by atoms with Crippen LogP contribution in [0.25, 0.3) is 0 Å². The number of hydrogen-bond donors (Lipinski definition) is 1. The average molecular weight is 358 g/mol. The van der Waals surface area contributed by atoms with E-state index in [1.807, 2.05) is 24.3 Å². The Morgan fingerprint density at radius 1 is 0.909 bits per heavy atom. The molecule has 1 N–H and O–H groups in total. The SMILES string of the molecule is COC1=C(Nc2ccc(Br)cc2)C(=O)c2ccccc2C1=O. The molecule has 0 amide bonds. The summed E-state index contributed by atoms with van der Waals surface area (Å²) >= 11 is 3.35. The summed E-state index contributed by atoms with van der Waals surface area (Å²) < 4.78 is 6.10. The topological polar surface area (TPSA) is 55.4 Å². The second kappa shape index (κ2) is 5.77. The summed E-state index contributed by atoms with van der Waals surface area (Å²) in [5.41, 5.74) is 1.61. The number of fused-ring (bicyclic) bond motifs is 1. The van der Waals surface area contributed by atoms with Gasteiger partial charge in [0.25, 0.3) is 0 Å². The van der Waals surface area contributed by atoms with E-state index in [-0.39, 0.29) is 23.0 Å². The summed E-state index contributed by atoms with van der Waals surface area (Å²) in [7, 11) is 1.39. The lowest BCUT2D eigenvalue weighted by Gasteiger charge is -2.20. The lowest BCUT2D eigenvalue weighted by molar-refractivity contribution is 0.0907. The summed E-state index contributed by atoms with van der Waals surface area (Å²) in [5, 5.41) is 2.99. The lowest BCUT2D eigenvalue weighted by atomic mass is 9.91. The minimum absolute atomic E-state index is 0.0339. The van der Waals surface area contributed by atoms with Crippen LogP contribution in [0.3, 0.4) is 0 Å². The molecule has 1 aliphatic carbocycles. The number of methoxy groups -OCH3 is 1. The smallest absolute Gasteiger partial charge is 0.230 e. The number of nitrogens with one attached hydrogen (secondary N) is 1. The monoisotopic (exact) mass is 357 g/mol. The first kappa shape index (κ1) is 14.5. The molecule has 0 aliphatic heterocycles. The number of carbonyl (C=O) groups excluding carboxylic acids is 2. The van der Waals surface area contributed by atoms with Crippen molar-refractivity contribution in [3.63, 3.8) is 0 Å². The summed E-state index contributed by atoms with van der Waals surface area (Å²) in [5.74, 6) is -0.515. The van der Waals surface area contributed by atoms with Gasteiger partial charge in [-0.25, -0.2) is 0 Å². The van der Waals surface area contributed by atoms with Crippen LogP contribution in [-0.4, -0.2) is 18.7 Å². The van der Waals surface area contributed by atoms with Crippen LogP contribution in [0.5, 0.6) is 0 Å². The van der Waals surface area contributed by atoms with Gasteiger partial charge >= 0.3 is 0 Å². The molecular weight excluding hydrogens is 346 g/mol. The van der Waals surface area contributed by atoms with Crippen molar-refractivity contribution >= 4 is 33.2 Å². The standard InChI is InChI=1S/C17H12BrNO3/c1-22-17-14(19-11-8-6-10(18)7-9-11)15(20)12-4-2-3-5-13(12)16(17)21/h2-9,19H,1H3. The number of allylic oxidation sites excluding steroid dienone is 2. The van der Waals surface area contributed by atoms with Crippen LogP contribution in [0.4, 0.5) is 5.69 Å². The van der Waals surface area contributed by atoms with Crippen LogP contribution in [0.2, 0.25) is 0 Å². The third-order valence-corrected chi connectivity index (χ3v) is 3.92. The highest BCUT2D eigenvalue weighted by molar-refractivity contribution is 9.10. The molecule has 0 saturated heterocycles. The number of ether oxygens (including phenoxy) is 1. The van der Waals surface area contributed by atoms with Gasteiger partial charge in [0.05, 0.1) is 7.11 Å². The zero-order valence-electron chi connectivity index (χ0n) is 11.7. The van der Waals surface area contributed by atoms with Crippen molar-refractivity contribution in [2.24, 2.45) is 0 Å². The van der Waals surface area contributed by atoms with Gasteiger partial charge in [0.1, 0.15) is 5.70 Å². The van der Waals surface area contributed by atoms with E-state index >= 15 is 0 Å². The molecule has 0 saturated carbocycles. The van der Waals surface area contributed by atoms with Gasteiger partial charge in [-0.15, -0.1) is 0 Å². The summed E-state index contributed by atoms with van der Waals surface area (Å²) in [4.78, 5) is 25.1. The first-order valence-corrected chi connectivity index (χ1v) is 7.40. The van der Waals surface area contributed by atoms with E-state index in [1.165, 1.54) is 7.11 Å². The Balaban J connectivity index is 2.06. The van der Waals surface area contributed by atoms with Crippen LogP contribution >= 0.6 is 15.9 Å². The fourth-order valence-corrected chi connectivity index (χ4v) is 2.60. The molecule has 0 heterocycles. The molecule has 2 aromatic carbocycles. The normalized spacial score (nSPS) is 13.9. The molecule has 22 heavy (non-hydrogen) atoms. The molecule has 2 aromatic rings. The maximum atomic E-state index is 12.6. The Morgan fingerprint density at radius 3 is 2.09 bits per heavy atom. The van der Waals surface area contributed by atoms with Crippen LogP contribution in [0, 0.1) is 0 Å². The van der Waals surface area contributed by atoms with E-state index in [4.69, 9.17) is 4.74 Å². The van der Waals surface area contributed by atoms with Crippen molar-refractivity contribution in [1.82, 2.24) is 0 Å². The van der Waals surface area contributed by atoms with Crippen molar-refractivity contribution in [3.8, 4) is 0 Å². The molecule has 4 nitrogen and oxygen atoms in total. The number of carbonyl (C=O) groups is 2. The van der Waals surface area contributed by atoms with Crippen molar-refractivity contribution < 1.29 is 14.3 Å².